The van der Waals surface area contributed by atoms with E-state index in [2.05, 4.69) is 40.2 Å². The third-order valence-corrected chi connectivity index (χ3v) is 4.92. The summed E-state index contributed by atoms with van der Waals surface area (Å²) in [5.41, 5.74) is 0. The molecule has 0 heterocycles. The molecule has 0 rings (SSSR count). The number of hydrogen-bond acceptors (Lipinski definition) is 1. The molecule has 26 heavy (non-hydrogen) atoms. The van der Waals surface area contributed by atoms with Gasteiger partial charge in [-0.25, -0.2) is 0 Å². The van der Waals surface area contributed by atoms with Crippen LogP contribution in [0.3, 0.4) is 0 Å². The van der Waals surface area contributed by atoms with E-state index >= 15 is 0 Å². The third-order valence-electron chi connectivity index (χ3n) is 4.92. The topological polar surface area (TPSA) is 9.23 Å². The standard InChI is InChI=1S/C24H50NO/c1-5-6-7-8-9-10-11-12-13-14-15-16-17-18-19-20-23-26-24-21-22-25(2,3)4/h12-13H,5-11,14-24H2,1-4H3/q+1. The molecule has 0 unspecified atom stereocenters. The van der Waals surface area contributed by atoms with Crippen molar-refractivity contribution in [3.8, 4) is 0 Å². The van der Waals surface area contributed by atoms with Gasteiger partial charge in [-0.3, -0.25) is 0 Å². The van der Waals surface area contributed by atoms with Gasteiger partial charge in [0.1, 0.15) is 0 Å². The Labute approximate surface area is 166 Å². The number of nitrogens with zero attached hydrogens (tertiary/aromatic N) is 1. The van der Waals surface area contributed by atoms with Gasteiger partial charge in [0.15, 0.2) is 0 Å². The van der Waals surface area contributed by atoms with Gasteiger partial charge in [0, 0.05) is 13.0 Å². The Morgan fingerprint density at radius 1 is 0.577 bits per heavy atom. The quantitative estimate of drug-likeness (QED) is 0.126. The van der Waals surface area contributed by atoms with Crippen molar-refractivity contribution in [2.24, 2.45) is 0 Å². The highest BCUT2D eigenvalue weighted by Gasteiger charge is 2.05. The maximum Gasteiger partial charge on any atom is 0.0802 e. The molecule has 0 aliphatic heterocycles. The molecule has 0 aliphatic rings. The summed E-state index contributed by atoms with van der Waals surface area (Å²) in [6.45, 7) is 5.37. The molecule has 0 N–H and O–H groups in total. The Balaban J connectivity index is 3.10. The van der Waals surface area contributed by atoms with Gasteiger partial charge in [0.2, 0.25) is 0 Å². The zero-order chi connectivity index (χ0) is 19.3. The summed E-state index contributed by atoms with van der Waals surface area (Å²) in [6, 6.07) is 0. The summed E-state index contributed by atoms with van der Waals surface area (Å²) >= 11 is 0. The average molecular weight is 369 g/mol. The van der Waals surface area contributed by atoms with Crippen LogP contribution in [0.15, 0.2) is 12.2 Å². The van der Waals surface area contributed by atoms with Crippen LogP contribution in [-0.2, 0) is 4.74 Å². The number of quaternary nitrogens is 1. The number of hydrogen-bond donors (Lipinski definition) is 0. The molecule has 0 aliphatic carbocycles. The van der Waals surface area contributed by atoms with E-state index in [0.717, 1.165) is 17.7 Å². The molecule has 0 bridgehead atoms. The fraction of sp³-hybridized carbons (Fsp3) is 0.917. The zero-order valence-corrected chi connectivity index (χ0v) is 18.7. The van der Waals surface area contributed by atoms with Gasteiger partial charge >= 0.3 is 0 Å². The van der Waals surface area contributed by atoms with Crippen molar-refractivity contribution in [3.05, 3.63) is 12.2 Å². The van der Waals surface area contributed by atoms with Crippen LogP contribution in [0.4, 0.5) is 0 Å². The summed E-state index contributed by atoms with van der Waals surface area (Å²) in [5.74, 6) is 0. The van der Waals surface area contributed by atoms with Crippen molar-refractivity contribution in [2.75, 3.05) is 40.9 Å². The molecule has 156 valence electrons. The molecule has 0 spiro atoms. The molecule has 0 amide bonds. The number of ether oxygens (including phenoxy) is 1. The monoisotopic (exact) mass is 368 g/mol. The van der Waals surface area contributed by atoms with Crippen molar-refractivity contribution >= 4 is 0 Å². The number of allylic oxidation sites excluding steroid dienone is 2. The minimum atomic E-state index is 0.931. The van der Waals surface area contributed by atoms with Crippen LogP contribution in [0.2, 0.25) is 0 Å². The number of unbranched alkanes of at least 4 members (excludes halogenated alkanes) is 12. The van der Waals surface area contributed by atoms with E-state index in [0.29, 0.717) is 0 Å². The van der Waals surface area contributed by atoms with Crippen molar-refractivity contribution in [3.63, 3.8) is 0 Å². The summed E-state index contributed by atoms with van der Waals surface area (Å²) in [6.07, 6.45) is 25.1. The van der Waals surface area contributed by atoms with Gasteiger partial charge in [-0.15, -0.1) is 0 Å². The fourth-order valence-electron chi connectivity index (χ4n) is 3.19. The van der Waals surface area contributed by atoms with Crippen LogP contribution in [0.25, 0.3) is 0 Å². The highest BCUT2D eigenvalue weighted by molar-refractivity contribution is 4.81. The van der Waals surface area contributed by atoms with E-state index in [1.807, 2.05) is 0 Å². The molecule has 0 saturated heterocycles. The SMILES string of the molecule is CCCCCCCCC=CCCCCCCCCOCCC[N+](C)(C)C. The van der Waals surface area contributed by atoms with E-state index in [4.69, 9.17) is 4.74 Å². The number of rotatable bonds is 20. The first-order valence-corrected chi connectivity index (χ1v) is 11.6. The Morgan fingerprint density at radius 3 is 1.58 bits per heavy atom. The maximum absolute atomic E-state index is 5.73. The predicted molar refractivity (Wildman–Crippen MR) is 118 cm³/mol. The Kier molecular flexibility index (Phi) is 19.2. The molecule has 2 heteroatoms. The third kappa shape index (κ3) is 23.7. The summed E-state index contributed by atoms with van der Waals surface area (Å²) in [5, 5.41) is 0. The lowest BCUT2D eigenvalue weighted by molar-refractivity contribution is -0.870. The highest BCUT2D eigenvalue weighted by Crippen LogP contribution is 2.10. The smallest absolute Gasteiger partial charge is 0.0802 e. The van der Waals surface area contributed by atoms with Crippen molar-refractivity contribution in [1.82, 2.24) is 0 Å². The van der Waals surface area contributed by atoms with Crippen LogP contribution < -0.4 is 0 Å². The average Bonchev–Trinajstić information content (AvgIpc) is 2.59. The zero-order valence-electron chi connectivity index (χ0n) is 18.7. The summed E-state index contributed by atoms with van der Waals surface area (Å²) in [4.78, 5) is 0. The van der Waals surface area contributed by atoms with Crippen LogP contribution in [-0.4, -0.2) is 45.4 Å². The molecule has 0 radical (unpaired) electrons. The van der Waals surface area contributed by atoms with Crippen LogP contribution in [0.5, 0.6) is 0 Å². The van der Waals surface area contributed by atoms with E-state index < -0.39 is 0 Å². The predicted octanol–water partition coefficient (Wildman–Crippen LogP) is 7.14. The minimum Gasteiger partial charge on any atom is -0.381 e. The molecular weight excluding hydrogens is 318 g/mol. The van der Waals surface area contributed by atoms with Gasteiger partial charge < -0.3 is 9.22 Å². The van der Waals surface area contributed by atoms with E-state index in [1.165, 1.54) is 103 Å². The second kappa shape index (κ2) is 19.4. The van der Waals surface area contributed by atoms with E-state index in [1.54, 1.807) is 0 Å². The Bertz CT molecular complexity index is 293. The van der Waals surface area contributed by atoms with Gasteiger partial charge in [-0.05, 0) is 32.1 Å². The minimum absolute atomic E-state index is 0.931. The molecule has 0 fully saturated rings. The molecular formula is C24H50NO+. The van der Waals surface area contributed by atoms with Crippen molar-refractivity contribution in [1.29, 1.82) is 0 Å². The first-order valence-electron chi connectivity index (χ1n) is 11.6. The van der Waals surface area contributed by atoms with Crippen LogP contribution in [0, 0.1) is 0 Å². The lowest BCUT2D eigenvalue weighted by atomic mass is 10.1. The van der Waals surface area contributed by atoms with Crippen molar-refractivity contribution in [2.45, 2.75) is 103 Å². The first kappa shape index (κ1) is 25.7. The Morgan fingerprint density at radius 2 is 1.04 bits per heavy atom. The lowest BCUT2D eigenvalue weighted by Gasteiger charge is -2.23. The summed E-state index contributed by atoms with van der Waals surface area (Å²) in [7, 11) is 6.72. The Hall–Kier alpha value is -0.340. The van der Waals surface area contributed by atoms with E-state index in [9.17, 15) is 0 Å². The largest absolute Gasteiger partial charge is 0.381 e. The van der Waals surface area contributed by atoms with Gasteiger partial charge in [-0.2, -0.15) is 0 Å². The van der Waals surface area contributed by atoms with Gasteiger partial charge in [0.25, 0.3) is 0 Å². The normalized spacial score (nSPS) is 12.3. The first-order chi connectivity index (χ1) is 12.6. The fourth-order valence-corrected chi connectivity index (χ4v) is 3.19. The van der Waals surface area contributed by atoms with Gasteiger partial charge in [0.05, 0.1) is 34.3 Å². The molecule has 0 atom stereocenters. The second-order valence-corrected chi connectivity index (χ2v) is 8.92. The molecule has 0 aromatic carbocycles. The van der Waals surface area contributed by atoms with Crippen molar-refractivity contribution < 1.29 is 9.22 Å². The maximum atomic E-state index is 5.73. The molecule has 0 saturated carbocycles. The van der Waals surface area contributed by atoms with Crippen LogP contribution >= 0.6 is 0 Å². The van der Waals surface area contributed by atoms with E-state index in [-0.39, 0.29) is 0 Å². The lowest BCUT2D eigenvalue weighted by Crippen LogP contribution is -2.35. The molecule has 0 aromatic heterocycles. The summed E-state index contributed by atoms with van der Waals surface area (Å²) < 4.78 is 6.77. The highest BCUT2D eigenvalue weighted by atomic mass is 16.5. The molecule has 2 nitrogen and oxygen atoms in total. The van der Waals surface area contributed by atoms with Crippen LogP contribution in [0.1, 0.15) is 103 Å². The second-order valence-electron chi connectivity index (χ2n) is 8.92. The van der Waals surface area contributed by atoms with Gasteiger partial charge in [-0.1, -0.05) is 76.9 Å². The molecule has 0 aromatic rings.